The van der Waals surface area contributed by atoms with Gasteiger partial charge in [-0.25, -0.2) is 43.2 Å². The quantitative estimate of drug-likeness (QED) is 0.0461. The molecular formula is C84H78Cl3F3N12O10S3. The number of hydrogen-bond acceptors (Lipinski definition) is 17. The van der Waals surface area contributed by atoms with Crippen molar-refractivity contribution in [2.75, 3.05) is 25.9 Å². The minimum Gasteiger partial charge on any atom is -0.465 e. The molecule has 0 spiro atoms. The van der Waals surface area contributed by atoms with Gasteiger partial charge in [0.1, 0.15) is 17.5 Å². The molecule has 0 unspecified atom stereocenters. The molecular weight excluding hydrogens is 1600 g/mol. The van der Waals surface area contributed by atoms with Gasteiger partial charge in [0, 0.05) is 207 Å². The van der Waals surface area contributed by atoms with Crippen LogP contribution in [0.3, 0.4) is 0 Å². The molecule has 0 aliphatic rings. The molecule has 31 heteroatoms. The largest absolute Gasteiger partial charge is 0.465 e. The zero-order valence-corrected chi connectivity index (χ0v) is 66.1. The number of aryl methyl sites for hydroxylation is 3. The number of benzene rings is 6. The molecule has 0 saturated carbocycles. The summed E-state index contributed by atoms with van der Waals surface area (Å²) in [5, 5.41) is 11.3. The van der Waals surface area contributed by atoms with E-state index in [9.17, 15) is 52.8 Å². The number of aromatic amines is 3. The van der Waals surface area contributed by atoms with Crippen LogP contribution in [0.1, 0.15) is 113 Å². The minimum absolute atomic E-state index is 0. The maximum Gasteiger partial charge on any atom is 0.337 e. The van der Waals surface area contributed by atoms with Crippen molar-refractivity contribution in [1.29, 1.82) is 0 Å². The van der Waals surface area contributed by atoms with Gasteiger partial charge in [-0.3, -0.25) is 39.5 Å². The van der Waals surface area contributed by atoms with Crippen molar-refractivity contribution in [1.82, 2.24) is 55.5 Å². The zero-order valence-electron chi connectivity index (χ0n) is 61.4. The third-order valence-electron chi connectivity index (χ3n) is 18.1. The molecule has 0 bridgehead atoms. The molecule has 115 heavy (non-hydrogen) atoms. The highest BCUT2D eigenvalue weighted by molar-refractivity contribution is 7.91. The van der Waals surface area contributed by atoms with Crippen LogP contribution in [0, 0.1) is 38.2 Å². The van der Waals surface area contributed by atoms with Gasteiger partial charge in [-0.1, -0.05) is 49.7 Å². The van der Waals surface area contributed by atoms with Crippen LogP contribution in [0.25, 0.3) is 65.4 Å². The van der Waals surface area contributed by atoms with E-state index in [0.717, 1.165) is 56.7 Å². The highest BCUT2D eigenvalue weighted by atomic mass is 35.5. The van der Waals surface area contributed by atoms with Crippen molar-refractivity contribution in [3.63, 3.8) is 0 Å². The Morgan fingerprint density at radius 2 is 0.739 bits per heavy atom. The summed E-state index contributed by atoms with van der Waals surface area (Å²) in [6.07, 6.45) is 18.8. The second-order valence-electron chi connectivity index (χ2n) is 26.9. The molecule has 0 atom stereocenters. The van der Waals surface area contributed by atoms with Gasteiger partial charge in [0.05, 0.1) is 59.0 Å². The van der Waals surface area contributed by atoms with E-state index >= 15 is 0 Å². The summed E-state index contributed by atoms with van der Waals surface area (Å²) >= 11 is 18.1. The number of methoxy groups -OCH3 is 1. The SMILES string of the molecule is C.C.COC(=O)c1ccnc(Cc2cc(S(C)(=O)=O)c3ncc(C)cc3c2)c1.Cc1cnc2c(S(C)(=O)=O)cc(Cc3cc(C(=O)NCc4cc5c(Cl)c[nH]c5cc4F)ccn3)cc2c1.Cc1cnc2c(S(C)(=O)=O)cc(Cc3cc(C(=O)NCc4cc5c(Cl)c[nH]c5cc4F)ccn3)cc2c1.NCc1cc2c(Cl)c[nH]c2cc1F. The summed E-state index contributed by atoms with van der Waals surface area (Å²) in [5.41, 5.74) is 17.5. The highest BCUT2D eigenvalue weighted by Crippen LogP contribution is 2.33. The lowest BCUT2D eigenvalue weighted by molar-refractivity contribution is 0.0600. The van der Waals surface area contributed by atoms with Gasteiger partial charge in [-0.2, -0.15) is 0 Å². The number of nitrogens with two attached hydrogens (primary N) is 1. The Morgan fingerprint density at radius 1 is 0.435 bits per heavy atom. The number of H-pyrrole nitrogens is 3. The number of hydrogen-bond donors (Lipinski definition) is 6. The van der Waals surface area contributed by atoms with Gasteiger partial charge < -0.3 is 36.1 Å². The van der Waals surface area contributed by atoms with Crippen LogP contribution in [-0.2, 0) is 73.1 Å². The third-order valence-corrected chi connectivity index (χ3v) is 22.3. The average Bonchev–Trinajstić information content (AvgIpc) is 1.68. The maximum atomic E-state index is 14.5. The molecule has 15 rings (SSSR count). The van der Waals surface area contributed by atoms with Crippen molar-refractivity contribution in [2.24, 2.45) is 5.73 Å². The Morgan fingerprint density at radius 3 is 1.05 bits per heavy atom. The van der Waals surface area contributed by atoms with E-state index in [1.165, 1.54) is 50.2 Å². The van der Waals surface area contributed by atoms with E-state index in [0.29, 0.717) is 139 Å². The Bertz CT molecular complexity index is 6400. The molecule has 15 aromatic rings. The van der Waals surface area contributed by atoms with Crippen LogP contribution in [0.15, 0.2) is 198 Å². The Balaban J connectivity index is 0.000000169. The van der Waals surface area contributed by atoms with E-state index < -0.39 is 58.9 Å². The van der Waals surface area contributed by atoms with Crippen LogP contribution in [0.2, 0.25) is 15.1 Å². The lowest BCUT2D eigenvalue weighted by atomic mass is 10.0. The number of aromatic nitrogens is 9. The molecule has 0 saturated heterocycles. The number of amides is 2. The monoisotopic (exact) mass is 1670 g/mol. The van der Waals surface area contributed by atoms with Crippen molar-refractivity contribution in [3.8, 4) is 0 Å². The lowest BCUT2D eigenvalue weighted by Gasteiger charge is -2.10. The molecule has 0 aliphatic heterocycles. The second kappa shape index (κ2) is 35.9. The number of ether oxygens (including phenoxy) is 1. The fourth-order valence-corrected chi connectivity index (χ4v) is 15.9. The van der Waals surface area contributed by atoms with Crippen molar-refractivity contribution in [3.05, 3.63) is 300 Å². The molecule has 7 N–H and O–H groups in total. The summed E-state index contributed by atoms with van der Waals surface area (Å²) in [7, 11) is -9.15. The first kappa shape index (κ1) is 85.9. The molecule has 0 aliphatic carbocycles. The molecule has 9 aromatic heterocycles. The number of pyridine rings is 6. The highest BCUT2D eigenvalue weighted by Gasteiger charge is 2.22. The molecule has 594 valence electrons. The number of nitrogens with zero attached hydrogens (tertiary/aromatic N) is 6. The molecule has 0 radical (unpaired) electrons. The summed E-state index contributed by atoms with van der Waals surface area (Å²) in [4.78, 5) is 72.4. The predicted molar refractivity (Wildman–Crippen MR) is 445 cm³/mol. The van der Waals surface area contributed by atoms with Crippen LogP contribution >= 0.6 is 34.8 Å². The topological polar surface area (TPSA) is 338 Å². The van der Waals surface area contributed by atoms with Crippen LogP contribution in [-0.4, -0.2) is 114 Å². The van der Waals surface area contributed by atoms with Gasteiger partial charge in [0.25, 0.3) is 11.8 Å². The normalized spacial score (nSPS) is 11.4. The maximum absolute atomic E-state index is 14.5. The number of fused-ring (bicyclic) bond motifs is 6. The molecule has 6 aromatic carbocycles. The van der Waals surface area contributed by atoms with Gasteiger partial charge >= 0.3 is 5.97 Å². The fraction of sp³-hybridized carbons (Fsp3) is 0.179. The predicted octanol–water partition coefficient (Wildman–Crippen LogP) is 16.7. The van der Waals surface area contributed by atoms with Crippen molar-refractivity contribution >= 4 is 148 Å². The number of halogens is 6. The number of carbonyl (C=O) groups is 3. The third kappa shape index (κ3) is 20.5. The van der Waals surface area contributed by atoms with Gasteiger partial charge in [-0.15, -0.1) is 0 Å². The summed E-state index contributed by atoms with van der Waals surface area (Å²) < 4.78 is 121. The van der Waals surface area contributed by atoms with Crippen molar-refractivity contribution < 1.29 is 57.5 Å². The second-order valence-corrected chi connectivity index (χ2v) is 34.1. The molecule has 22 nitrogen and oxygen atoms in total. The van der Waals surface area contributed by atoms with Gasteiger partial charge in [0.15, 0.2) is 29.5 Å². The van der Waals surface area contributed by atoms with Gasteiger partial charge in [-0.05, 0) is 182 Å². The number of esters is 1. The van der Waals surface area contributed by atoms with Gasteiger partial charge in [0.2, 0.25) is 0 Å². The Kier molecular flexibility index (Phi) is 26.8. The van der Waals surface area contributed by atoms with E-state index in [1.807, 2.05) is 57.2 Å². The average molecular weight is 1680 g/mol. The first-order valence-corrected chi connectivity index (χ1v) is 41.3. The first-order chi connectivity index (χ1) is 53.7. The minimum atomic E-state index is -3.52. The van der Waals surface area contributed by atoms with E-state index in [4.69, 9.17) is 45.3 Å². The number of carbonyl (C=O) groups excluding carboxylic acids is 3. The van der Waals surface area contributed by atoms with E-state index in [-0.39, 0.29) is 55.0 Å². The van der Waals surface area contributed by atoms with Crippen LogP contribution in [0.4, 0.5) is 13.2 Å². The Labute approximate surface area is 676 Å². The van der Waals surface area contributed by atoms with Crippen molar-refractivity contribution in [2.45, 2.75) is 89.2 Å². The number of sulfone groups is 3. The number of nitrogens with one attached hydrogen (secondary N) is 5. The lowest BCUT2D eigenvalue weighted by Crippen LogP contribution is -2.23. The summed E-state index contributed by atoms with van der Waals surface area (Å²) in [6, 6.07) is 34.7. The summed E-state index contributed by atoms with van der Waals surface area (Å²) in [5.74, 6) is -2.43. The fourth-order valence-electron chi connectivity index (χ4n) is 12.6. The standard InChI is InChI=1S/2C27H22ClFN4O3S.C19H18N2O4S.C9H8ClFN2.2CH4/c2*1-15-5-18-6-16(8-25(37(2,35)36)26(18)32-12-15)7-20-9-17(3-4-30-20)27(34)33-13-19-10-21-22(28)14-31-24(21)11-23(19)29;1-12-6-15-7-13(9-17(26(3,23)24)18(15)21-11-12)8-16-10-14(4-5-20-16)19(22)25-2;10-7-4-13-9-2-8(11)5(3-12)1-6(7)9;;/h2*3-6,8-12,14,31H,7,13H2,1-2H3,(H,33,34);4-7,9-11H,8H2,1-3H3;1-2,4,13H,3,12H2;2*1H4. The summed E-state index contributed by atoms with van der Waals surface area (Å²) in [6.45, 7) is 5.83. The van der Waals surface area contributed by atoms with Crippen LogP contribution < -0.4 is 16.4 Å². The zero-order chi connectivity index (χ0) is 81.0. The number of rotatable bonds is 17. The van der Waals surface area contributed by atoms with E-state index in [1.54, 1.807) is 110 Å². The molecule has 2 amide bonds. The van der Waals surface area contributed by atoms with Crippen LogP contribution in [0.5, 0.6) is 0 Å². The molecule has 0 fully saturated rings. The van der Waals surface area contributed by atoms with E-state index in [2.05, 4.69) is 55.5 Å². The first-order valence-electron chi connectivity index (χ1n) is 34.5. The Hall–Kier alpha value is -11.5. The molecule has 9 heterocycles. The smallest absolute Gasteiger partial charge is 0.337 e.